The second kappa shape index (κ2) is 13.6. The van der Waals surface area contributed by atoms with Gasteiger partial charge in [0.2, 0.25) is 11.7 Å². The van der Waals surface area contributed by atoms with E-state index in [1.54, 1.807) is 11.8 Å². The molecule has 2 fully saturated rings. The number of carbonyl (C=O) groups excluding carboxylic acids is 3. The summed E-state index contributed by atoms with van der Waals surface area (Å²) in [6, 6.07) is 9.24. The van der Waals surface area contributed by atoms with Crippen LogP contribution in [0.4, 0.5) is 0 Å². The predicted octanol–water partition coefficient (Wildman–Crippen LogP) is 3.72. The first kappa shape index (κ1) is 27.2. The molecule has 182 valence electrons. The largest absolute Gasteiger partial charge is 0.345 e. The van der Waals surface area contributed by atoms with Crippen molar-refractivity contribution in [2.24, 2.45) is 16.9 Å². The molecule has 1 aromatic rings. The molecule has 9 heteroatoms. The zero-order valence-corrected chi connectivity index (χ0v) is 21.1. The summed E-state index contributed by atoms with van der Waals surface area (Å²) >= 11 is 1.55. The van der Waals surface area contributed by atoms with E-state index < -0.39 is 17.7 Å². The van der Waals surface area contributed by atoms with Gasteiger partial charge in [-0.25, -0.2) is 5.43 Å². The first-order valence-electron chi connectivity index (χ1n) is 11.6. The maximum absolute atomic E-state index is 12.9. The maximum atomic E-state index is 12.9. The average molecular weight is 495 g/mol. The topological polar surface area (TPSA) is 90.9 Å². The summed E-state index contributed by atoms with van der Waals surface area (Å²) in [6.07, 6.45) is 5.36. The van der Waals surface area contributed by atoms with Crippen LogP contribution in [0, 0.1) is 11.8 Å². The molecule has 1 saturated carbocycles. The summed E-state index contributed by atoms with van der Waals surface area (Å²) in [5, 5.41) is 7.78. The molecule has 2 amide bonds. The smallest absolute Gasteiger partial charge is 0.309 e. The Balaban J connectivity index is 0.00000385. The van der Waals surface area contributed by atoms with Gasteiger partial charge in [-0.2, -0.15) is 0 Å². The molecule has 2 N–H and O–H groups in total. The molecule has 0 spiro atoms. The average Bonchev–Trinajstić information content (AvgIpc) is 3.24. The number of benzene rings is 1. The molecule has 1 aromatic carbocycles. The number of rotatable bonds is 9. The molecular weight excluding hydrogens is 460 g/mol. The Kier molecular flexibility index (Phi) is 11.2. The van der Waals surface area contributed by atoms with E-state index in [0.29, 0.717) is 18.1 Å². The highest BCUT2D eigenvalue weighted by atomic mass is 35.5. The summed E-state index contributed by atoms with van der Waals surface area (Å²) in [5.41, 5.74) is 3.59. The van der Waals surface area contributed by atoms with E-state index in [1.807, 2.05) is 44.2 Å². The predicted molar refractivity (Wildman–Crippen MR) is 135 cm³/mol. The molecule has 33 heavy (non-hydrogen) atoms. The fraction of sp³-hybridized carbons (Fsp3) is 0.583. The molecule has 1 heterocycles. The molecular formula is C24H35ClN4O3S. The molecule has 1 aliphatic heterocycles. The van der Waals surface area contributed by atoms with E-state index >= 15 is 0 Å². The van der Waals surface area contributed by atoms with Gasteiger partial charge in [-0.15, -0.1) is 17.5 Å². The molecule has 0 unspecified atom stereocenters. The van der Waals surface area contributed by atoms with Gasteiger partial charge in [0.25, 0.3) is 0 Å². The SMILES string of the molecule is CC(C)C[C@H](NC(=O)C1CCCCC1)C(=O)C(=O)N/N=C1\SCCN1Cc1ccccc1.Cl. The lowest BCUT2D eigenvalue weighted by atomic mass is 9.88. The fourth-order valence-corrected chi connectivity index (χ4v) is 5.10. The van der Waals surface area contributed by atoms with Gasteiger partial charge in [0.05, 0.1) is 6.04 Å². The molecule has 2 aliphatic rings. The van der Waals surface area contributed by atoms with Gasteiger partial charge in [-0.3, -0.25) is 14.4 Å². The second-order valence-electron chi connectivity index (χ2n) is 8.98. The first-order valence-corrected chi connectivity index (χ1v) is 12.6. The number of nitrogens with one attached hydrogen (secondary N) is 2. The van der Waals surface area contributed by atoms with Crippen molar-refractivity contribution >= 4 is 46.9 Å². The van der Waals surface area contributed by atoms with Crippen LogP contribution in [0.5, 0.6) is 0 Å². The Morgan fingerprint density at radius 2 is 1.82 bits per heavy atom. The van der Waals surface area contributed by atoms with E-state index in [9.17, 15) is 14.4 Å². The normalized spacial score (nSPS) is 18.6. The van der Waals surface area contributed by atoms with Gasteiger partial charge >= 0.3 is 5.91 Å². The van der Waals surface area contributed by atoms with Gasteiger partial charge in [0.1, 0.15) is 0 Å². The monoisotopic (exact) mass is 494 g/mol. The zero-order chi connectivity index (χ0) is 22.9. The minimum absolute atomic E-state index is 0. The van der Waals surface area contributed by atoms with Crippen molar-refractivity contribution in [2.75, 3.05) is 12.3 Å². The lowest BCUT2D eigenvalue weighted by Crippen LogP contribution is -2.49. The number of amides is 2. The quantitative estimate of drug-likeness (QED) is 0.403. The molecule has 0 radical (unpaired) electrons. The molecule has 0 bridgehead atoms. The van der Waals surface area contributed by atoms with Crippen LogP contribution in [0.1, 0.15) is 57.9 Å². The Hall–Kier alpha value is -2.06. The minimum atomic E-state index is -0.818. The highest BCUT2D eigenvalue weighted by Crippen LogP contribution is 2.24. The van der Waals surface area contributed by atoms with Gasteiger partial charge in [0.15, 0.2) is 5.17 Å². The van der Waals surface area contributed by atoms with Gasteiger partial charge in [0, 0.05) is 24.8 Å². The van der Waals surface area contributed by atoms with Crippen LogP contribution >= 0.6 is 24.2 Å². The van der Waals surface area contributed by atoms with Crippen LogP contribution in [-0.2, 0) is 20.9 Å². The number of hydrogen-bond donors (Lipinski definition) is 2. The van der Waals surface area contributed by atoms with Crippen LogP contribution < -0.4 is 10.7 Å². The van der Waals surface area contributed by atoms with Crippen LogP contribution in [0.3, 0.4) is 0 Å². The number of Topliss-reactive ketones (excluding diaryl/α,β-unsaturated/α-hetero) is 1. The zero-order valence-electron chi connectivity index (χ0n) is 19.4. The third-order valence-electron chi connectivity index (χ3n) is 5.87. The van der Waals surface area contributed by atoms with E-state index in [2.05, 4.69) is 20.7 Å². The number of halogens is 1. The maximum Gasteiger partial charge on any atom is 0.309 e. The van der Waals surface area contributed by atoms with E-state index in [0.717, 1.165) is 50.0 Å². The number of thioether (sulfide) groups is 1. The molecule has 3 rings (SSSR count). The molecule has 1 atom stereocenters. The van der Waals surface area contributed by atoms with Crippen molar-refractivity contribution in [1.29, 1.82) is 0 Å². The van der Waals surface area contributed by atoms with Gasteiger partial charge < -0.3 is 10.2 Å². The van der Waals surface area contributed by atoms with Crippen molar-refractivity contribution in [3.8, 4) is 0 Å². The standard InChI is InChI=1S/C24H34N4O3S.ClH/c1-17(2)15-20(25-22(30)19-11-7-4-8-12-19)21(29)23(31)26-27-24-28(13-14-32-24)16-18-9-5-3-6-10-18;/h3,5-6,9-10,17,19-20H,4,7-8,11-16H2,1-2H3,(H,25,30)(H,26,31);1H/b27-24-;/t20-;/m0./s1. The van der Waals surface area contributed by atoms with Crippen LogP contribution in [0.15, 0.2) is 35.4 Å². The summed E-state index contributed by atoms with van der Waals surface area (Å²) < 4.78 is 0. The number of carbonyl (C=O) groups is 3. The third kappa shape index (κ3) is 8.34. The molecule has 1 aliphatic carbocycles. The van der Waals surface area contributed by atoms with Crippen molar-refractivity contribution in [3.05, 3.63) is 35.9 Å². The third-order valence-corrected chi connectivity index (χ3v) is 6.87. The number of hydrogen-bond acceptors (Lipinski definition) is 5. The van der Waals surface area contributed by atoms with Gasteiger partial charge in [-0.05, 0) is 30.7 Å². The Morgan fingerprint density at radius 3 is 2.48 bits per heavy atom. The van der Waals surface area contributed by atoms with E-state index in [-0.39, 0.29) is 30.2 Å². The van der Waals surface area contributed by atoms with Crippen LogP contribution in [0.2, 0.25) is 0 Å². The fourth-order valence-electron chi connectivity index (χ4n) is 4.16. The highest BCUT2D eigenvalue weighted by Gasteiger charge is 2.31. The van der Waals surface area contributed by atoms with Crippen LogP contribution in [0.25, 0.3) is 0 Å². The summed E-state index contributed by atoms with van der Waals surface area (Å²) in [4.78, 5) is 40.2. The number of nitrogens with zero attached hydrogens (tertiary/aromatic N) is 2. The lowest BCUT2D eigenvalue weighted by molar-refractivity contribution is -0.140. The molecule has 1 saturated heterocycles. The van der Waals surface area contributed by atoms with Gasteiger partial charge in [-0.1, -0.05) is 75.2 Å². The highest BCUT2D eigenvalue weighted by molar-refractivity contribution is 8.14. The lowest BCUT2D eigenvalue weighted by Gasteiger charge is -2.25. The number of ketones is 1. The number of amidine groups is 1. The Morgan fingerprint density at radius 1 is 1.12 bits per heavy atom. The second-order valence-corrected chi connectivity index (χ2v) is 10.0. The minimum Gasteiger partial charge on any atom is -0.345 e. The van der Waals surface area contributed by atoms with Crippen molar-refractivity contribution < 1.29 is 14.4 Å². The van der Waals surface area contributed by atoms with E-state index in [1.165, 1.54) is 0 Å². The van der Waals surface area contributed by atoms with Crippen molar-refractivity contribution in [3.63, 3.8) is 0 Å². The van der Waals surface area contributed by atoms with E-state index in [4.69, 9.17) is 0 Å². The number of hydrazone groups is 1. The molecule has 7 nitrogen and oxygen atoms in total. The Labute approximate surface area is 206 Å². The summed E-state index contributed by atoms with van der Waals surface area (Å²) in [7, 11) is 0. The summed E-state index contributed by atoms with van der Waals surface area (Å²) in [5.74, 6) is -0.534. The van der Waals surface area contributed by atoms with Crippen molar-refractivity contribution in [2.45, 2.75) is 65.0 Å². The van der Waals surface area contributed by atoms with Crippen molar-refractivity contribution in [1.82, 2.24) is 15.6 Å². The summed E-state index contributed by atoms with van der Waals surface area (Å²) in [6.45, 7) is 5.48. The Bertz CT molecular complexity index is 828. The first-order chi connectivity index (χ1) is 15.4. The molecule has 0 aromatic heterocycles. The van der Waals surface area contributed by atoms with Crippen LogP contribution in [-0.4, -0.2) is 46.0 Å².